The largest absolute Gasteiger partial charge is 0.329 e. The second-order valence-corrected chi connectivity index (χ2v) is 5.15. The molecule has 1 aromatic carbocycles. The Labute approximate surface area is 138 Å². The second-order valence-electron chi connectivity index (χ2n) is 4.74. The van der Waals surface area contributed by atoms with E-state index in [0.717, 1.165) is 5.56 Å². The third-order valence-corrected chi connectivity index (χ3v) is 3.55. The van der Waals surface area contributed by atoms with Crippen molar-refractivity contribution in [2.45, 2.75) is 13.8 Å². The van der Waals surface area contributed by atoms with Gasteiger partial charge in [0.2, 0.25) is 0 Å². The molecule has 0 saturated carbocycles. The van der Waals surface area contributed by atoms with Crippen LogP contribution in [0.15, 0.2) is 47.8 Å². The molecule has 0 aliphatic rings. The molecule has 2 rings (SSSR count). The summed E-state index contributed by atoms with van der Waals surface area (Å²) in [7, 11) is 0. The lowest BCUT2D eigenvalue weighted by Crippen LogP contribution is -2.33. The molecule has 0 radical (unpaired) electrons. The van der Waals surface area contributed by atoms with Gasteiger partial charge in [-0.05, 0) is 43.7 Å². The first-order valence-corrected chi connectivity index (χ1v) is 7.18. The lowest BCUT2D eigenvalue weighted by atomic mass is 10.2. The number of nitrogens with zero attached hydrogens (tertiary/aromatic N) is 2. The SMILES string of the molecule is C/C(=N/NC(=O)C(=O)Nc1cccc(Cl)c1C)c1ccncc1. The molecule has 1 aromatic heterocycles. The molecule has 0 aliphatic heterocycles. The monoisotopic (exact) mass is 330 g/mol. The molecule has 1 heterocycles. The van der Waals surface area contributed by atoms with Crippen molar-refractivity contribution in [1.82, 2.24) is 10.4 Å². The molecule has 2 N–H and O–H groups in total. The van der Waals surface area contributed by atoms with Crippen LogP contribution < -0.4 is 10.7 Å². The van der Waals surface area contributed by atoms with E-state index in [1.165, 1.54) is 0 Å². The summed E-state index contributed by atoms with van der Waals surface area (Å²) in [5.41, 5.74) is 4.74. The summed E-state index contributed by atoms with van der Waals surface area (Å²) >= 11 is 5.97. The Balaban J connectivity index is 2.01. The van der Waals surface area contributed by atoms with E-state index in [-0.39, 0.29) is 0 Å². The molecule has 0 aliphatic carbocycles. The summed E-state index contributed by atoms with van der Waals surface area (Å²) in [6.45, 7) is 3.47. The molecule has 0 bridgehead atoms. The average Bonchev–Trinajstić information content (AvgIpc) is 2.57. The molecule has 6 nitrogen and oxygen atoms in total. The summed E-state index contributed by atoms with van der Waals surface area (Å²) in [4.78, 5) is 27.6. The number of amides is 2. The predicted molar refractivity (Wildman–Crippen MR) is 89.4 cm³/mol. The van der Waals surface area contributed by atoms with Crippen LogP contribution in [-0.4, -0.2) is 22.5 Å². The molecule has 2 amide bonds. The van der Waals surface area contributed by atoms with Gasteiger partial charge in [0, 0.05) is 28.7 Å². The third-order valence-electron chi connectivity index (χ3n) is 3.15. The lowest BCUT2D eigenvalue weighted by molar-refractivity contribution is -0.136. The maximum Gasteiger partial charge on any atom is 0.329 e. The van der Waals surface area contributed by atoms with Crippen molar-refractivity contribution in [1.29, 1.82) is 0 Å². The molecule has 0 saturated heterocycles. The summed E-state index contributed by atoms with van der Waals surface area (Å²) in [5, 5.41) is 6.91. The van der Waals surface area contributed by atoms with Crippen molar-refractivity contribution in [3.63, 3.8) is 0 Å². The van der Waals surface area contributed by atoms with Crippen LogP contribution in [0.5, 0.6) is 0 Å². The van der Waals surface area contributed by atoms with E-state index >= 15 is 0 Å². The van der Waals surface area contributed by atoms with E-state index in [9.17, 15) is 9.59 Å². The fourth-order valence-electron chi connectivity index (χ4n) is 1.77. The summed E-state index contributed by atoms with van der Waals surface area (Å²) < 4.78 is 0. The van der Waals surface area contributed by atoms with Gasteiger partial charge in [0.15, 0.2) is 0 Å². The minimum absolute atomic E-state index is 0.479. The standard InChI is InChI=1S/C16H15ClN4O2/c1-10-13(17)4-3-5-14(10)19-15(22)16(23)21-20-11(2)12-6-8-18-9-7-12/h3-9H,1-2H3,(H,19,22)(H,21,23)/b20-11-. The number of pyridine rings is 1. The van der Waals surface area contributed by atoms with Crippen molar-refractivity contribution in [2.24, 2.45) is 5.10 Å². The number of halogens is 1. The first-order valence-electron chi connectivity index (χ1n) is 6.80. The fraction of sp³-hybridized carbons (Fsp3) is 0.125. The van der Waals surface area contributed by atoms with E-state index in [2.05, 4.69) is 20.8 Å². The van der Waals surface area contributed by atoms with Crippen molar-refractivity contribution >= 4 is 34.8 Å². The predicted octanol–water partition coefficient (Wildman–Crippen LogP) is 2.52. The van der Waals surface area contributed by atoms with Gasteiger partial charge >= 0.3 is 11.8 Å². The number of anilines is 1. The van der Waals surface area contributed by atoms with E-state index in [1.807, 2.05) is 0 Å². The molecular weight excluding hydrogens is 316 g/mol. The number of rotatable bonds is 3. The maximum absolute atomic E-state index is 11.9. The highest BCUT2D eigenvalue weighted by Gasteiger charge is 2.15. The van der Waals surface area contributed by atoms with Gasteiger partial charge in [-0.15, -0.1) is 0 Å². The number of hydrazone groups is 1. The van der Waals surface area contributed by atoms with Crippen LogP contribution in [0.4, 0.5) is 5.69 Å². The Bertz CT molecular complexity index is 760. The van der Waals surface area contributed by atoms with Crippen LogP contribution >= 0.6 is 11.6 Å². The maximum atomic E-state index is 11.9. The molecule has 2 aromatic rings. The molecule has 7 heteroatoms. The number of hydrogen-bond acceptors (Lipinski definition) is 4. The highest BCUT2D eigenvalue weighted by molar-refractivity contribution is 6.40. The summed E-state index contributed by atoms with van der Waals surface area (Å²) in [5.74, 6) is -1.68. The minimum Gasteiger partial charge on any atom is -0.317 e. The van der Waals surface area contributed by atoms with Gasteiger partial charge in [0.25, 0.3) is 0 Å². The fourth-order valence-corrected chi connectivity index (χ4v) is 1.94. The Morgan fingerprint density at radius 3 is 2.52 bits per heavy atom. The molecular formula is C16H15ClN4O2. The van der Waals surface area contributed by atoms with Gasteiger partial charge in [-0.3, -0.25) is 14.6 Å². The Morgan fingerprint density at radius 2 is 1.83 bits per heavy atom. The summed E-state index contributed by atoms with van der Waals surface area (Å²) in [6.07, 6.45) is 3.23. The van der Waals surface area contributed by atoms with Crippen molar-refractivity contribution in [3.8, 4) is 0 Å². The summed E-state index contributed by atoms with van der Waals surface area (Å²) in [6, 6.07) is 8.56. The van der Waals surface area contributed by atoms with Gasteiger partial charge in [-0.1, -0.05) is 17.7 Å². The van der Waals surface area contributed by atoms with Crippen LogP contribution in [-0.2, 0) is 9.59 Å². The number of benzene rings is 1. The normalized spacial score (nSPS) is 11.0. The van der Waals surface area contributed by atoms with E-state index in [0.29, 0.717) is 22.0 Å². The molecule has 0 atom stereocenters. The van der Waals surface area contributed by atoms with E-state index < -0.39 is 11.8 Å². The van der Waals surface area contributed by atoms with Crippen LogP contribution in [0.3, 0.4) is 0 Å². The molecule has 0 spiro atoms. The highest BCUT2D eigenvalue weighted by Crippen LogP contribution is 2.22. The Morgan fingerprint density at radius 1 is 1.13 bits per heavy atom. The van der Waals surface area contributed by atoms with Crippen LogP contribution in [0.2, 0.25) is 5.02 Å². The highest BCUT2D eigenvalue weighted by atomic mass is 35.5. The molecule has 0 fully saturated rings. The van der Waals surface area contributed by atoms with Crippen molar-refractivity contribution in [2.75, 3.05) is 5.32 Å². The molecule has 118 valence electrons. The quantitative estimate of drug-likeness (QED) is 0.515. The first kappa shape index (κ1) is 16.6. The number of hydrogen-bond donors (Lipinski definition) is 2. The second kappa shape index (κ2) is 7.51. The van der Waals surface area contributed by atoms with Crippen molar-refractivity contribution in [3.05, 3.63) is 58.9 Å². The topological polar surface area (TPSA) is 83.5 Å². The lowest BCUT2D eigenvalue weighted by Gasteiger charge is -2.08. The van der Waals surface area contributed by atoms with Crippen molar-refractivity contribution < 1.29 is 9.59 Å². The van der Waals surface area contributed by atoms with Crippen LogP contribution in [0.1, 0.15) is 18.1 Å². The molecule has 0 unspecified atom stereocenters. The number of nitrogens with one attached hydrogen (secondary N) is 2. The van der Waals surface area contributed by atoms with Gasteiger partial charge in [0.05, 0.1) is 5.71 Å². The molecule has 23 heavy (non-hydrogen) atoms. The number of aromatic nitrogens is 1. The number of carbonyl (C=O) groups is 2. The zero-order valence-corrected chi connectivity index (χ0v) is 13.4. The van der Waals surface area contributed by atoms with Crippen LogP contribution in [0.25, 0.3) is 0 Å². The number of carbonyl (C=O) groups excluding carboxylic acids is 2. The van der Waals surface area contributed by atoms with E-state index in [1.54, 1.807) is 56.6 Å². The van der Waals surface area contributed by atoms with Gasteiger partial charge in [-0.2, -0.15) is 5.10 Å². The first-order chi connectivity index (χ1) is 11.0. The Hall–Kier alpha value is -2.73. The zero-order valence-electron chi connectivity index (χ0n) is 12.6. The van der Waals surface area contributed by atoms with Gasteiger partial charge < -0.3 is 5.32 Å². The van der Waals surface area contributed by atoms with Gasteiger partial charge in [-0.25, -0.2) is 5.43 Å². The van der Waals surface area contributed by atoms with Gasteiger partial charge in [0.1, 0.15) is 0 Å². The van der Waals surface area contributed by atoms with E-state index in [4.69, 9.17) is 11.6 Å². The smallest absolute Gasteiger partial charge is 0.317 e. The average molecular weight is 331 g/mol. The van der Waals surface area contributed by atoms with Crippen LogP contribution in [0, 0.1) is 6.92 Å². The Kier molecular flexibility index (Phi) is 5.43. The zero-order chi connectivity index (χ0) is 16.8. The third kappa shape index (κ3) is 4.37. The minimum atomic E-state index is -0.863.